The lowest BCUT2D eigenvalue weighted by atomic mass is 10.3. The molecule has 0 fully saturated rings. The second-order valence-electron chi connectivity index (χ2n) is 2.90. The van der Waals surface area contributed by atoms with E-state index in [9.17, 15) is 4.79 Å². The summed E-state index contributed by atoms with van der Waals surface area (Å²) in [6.07, 6.45) is 0.924. The lowest BCUT2D eigenvalue weighted by Gasteiger charge is -2.02. The molecule has 0 atom stereocenters. The fourth-order valence-corrected chi connectivity index (χ4v) is 1.56. The summed E-state index contributed by atoms with van der Waals surface area (Å²) in [6, 6.07) is 0. The number of hydrogen-bond acceptors (Lipinski definition) is 5. The molecule has 5 nitrogen and oxygen atoms in total. The Morgan fingerprint density at radius 1 is 1.50 bits per heavy atom. The van der Waals surface area contributed by atoms with Crippen molar-refractivity contribution < 1.29 is 4.79 Å². The second kappa shape index (κ2) is 5.66. The fraction of sp³-hybridized carbons (Fsp3) is 0.625. The highest BCUT2D eigenvalue weighted by Crippen LogP contribution is 2.07. The number of nitrogens with zero attached hydrogens (tertiary/aromatic N) is 2. The van der Waals surface area contributed by atoms with E-state index in [4.69, 9.17) is 0 Å². The van der Waals surface area contributed by atoms with E-state index in [2.05, 4.69) is 20.2 Å². The van der Waals surface area contributed by atoms with E-state index in [1.807, 2.05) is 7.05 Å². The van der Waals surface area contributed by atoms with Gasteiger partial charge in [0, 0.05) is 6.54 Å². The third-order valence-electron chi connectivity index (χ3n) is 1.75. The molecule has 1 aromatic heterocycles. The molecule has 0 aliphatic carbocycles. The summed E-state index contributed by atoms with van der Waals surface area (Å²) in [4.78, 5) is 12.1. The summed E-state index contributed by atoms with van der Waals surface area (Å²) in [5.74, 6) is -0.0754. The molecular formula is C8H14N4OS. The third-order valence-corrected chi connectivity index (χ3v) is 2.57. The van der Waals surface area contributed by atoms with E-state index < -0.39 is 0 Å². The first-order valence-electron chi connectivity index (χ1n) is 4.47. The first-order chi connectivity index (χ1) is 6.75. The molecule has 1 heterocycles. The van der Waals surface area contributed by atoms with E-state index >= 15 is 0 Å². The number of amides is 1. The van der Waals surface area contributed by atoms with Crippen molar-refractivity contribution in [1.29, 1.82) is 0 Å². The van der Waals surface area contributed by atoms with Crippen LogP contribution in [0.5, 0.6) is 0 Å². The van der Waals surface area contributed by atoms with Gasteiger partial charge in [-0.2, -0.15) is 0 Å². The van der Waals surface area contributed by atoms with Crippen molar-refractivity contribution in [3.8, 4) is 0 Å². The second-order valence-corrected chi connectivity index (χ2v) is 3.65. The zero-order valence-electron chi connectivity index (χ0n) is 8.33. The average molecular weight is 214 g/mol. The molecule has 0 aliphatic heterocycles. The molecule has 0 unspecified atom stereocenters. The van der Waals surface area contributed by atoms with Crippen LogP contribution in [0.4, 0.5) is 0 Å². The number of rotatable bonds is 5. The summed E-state index contributed by atoms with van der Waals surface area (Å²) >= 11 is 1.13. The largest absolute Gasteiger partial charge is 0.351 e. The van der Waals surface area contributed by atoms with Crippen LogP contribution in [0, 0.1) is 6.92 Å². The van der Waals surface area contributed by atoms with Gasteiger partial charge < -0.3 is 10.6 Å². The number of nitrogens with one attached hydrogen (secondary N) is 2. The van der Waals surface area contributed by atoms with Gasteiger partial charge in [-0.3, -0.25) is 4.79 Å². The molecule has 0 radical (unpaired) electrons. The van der Waals surface area contributed by atoms with Gasteiger partial charge in [0.25, 0.3) is 5.91 Å². The highest BCUT2D eigenvalue weighted by molar-refractivity contribution is 7.07. The molecule has 1 rings (SSSR count). The normalized spacial score (nSPS) is 10.1. The highest BCUT2D eigenvalue weighted by atomic mass is 32.1. The molecule has 0 saturated carbocycles. The molecule has 6 heteroatoms. The molecule has 0 aliphatic rings. The highest BCUT2D eigenvalue weighted by Gasteiger charge is 2.11. The van der Waals surface area contributed by atoms with Crippen LogP contribution in [0.25, 0.3) is 0 Å². The van der Waals surface area contributed by atoms with Gasteiger partial charge in [-0.25, -0.2) is 0 Å². The van der Waals surface area contributed by atoms with Crippen molar-refractivity contribution in [3.63, 3.8) is 0 Å². The van der Waals surface area contributed by atoms with Crippen molar-refractivity contribution >= 4 is 17.4 Å². The Kier molecular flexibility index (Phi) is 4.48. The maximum atomic E-state index is 11.5. The topological polar surface area (TPSA) is 66.9 Å². The van der Waals surface area contributed by atoms with Crippen LogP contribution in [0.3, 0.4) is 0 Å². The minimum atomic E-state index is -0.0754. The monoisotopic (exact) mass is 214 g/mol. The van der Waals surface area contributed by atoms with Gasteiger partial charge in [-0.1, -0.05) is 4.49 Å². The van der Waals surface area contributed by atoms with E-state index in [1.165, 1.54) is 0 Å². The van der Waals surface area contributed by atoms with Gasteiger partial charge in [0.05, 0.1) is 5.69 Å². The fourth-order valence-electron chi connectivity index (χ4n) is 0.987. The maximum Gasteiger partial charge on any atom is 0.264 e. The molecular weight excluding hydrogens is 200 g/mol. The van der Waals surface area contributed by atoms with Crippen molar-refractivity contribution in [1.82, 2.24) is 20.2 Å². The molecule has 0 bridgehead atoms. The van der Waals surface area contributed by atoms with E-state index in [-0.39, 0.29) is 5.91 Å². The van der Waals surface area contributed by atoms with Crippen molar-refractivity contribution in [2.24, 2.45) is 0 Å². The minimum Gasteiger partial charge on any atom is -0.351 e. The van der Waals surface area contributed by atoms with E-state index in [0.29, 0.717) is 17.1 Å². The zero-order chi connectivity index (χ0) is 10.4. The van der Waals surface area contributed by atoms with Crippen molar-refractivity contribution in [2.75, 3.05) is 20.1 Å². The standard InChI is InChI=1S/C8H14N4OS/c1-6-7(14-12-11-6)8(13)10-5-3-4-9-2/h9H,3-5H2,1-2H3,(H,10,13). The SMILES string of the molecule is CNCCCNC(=O)c1snnc1C. The summed E-state index contributed by atoms with van der Waals surface area (Å²) in [5, 5.41) is 9.60. The number of carbonyl (C=O) groups is 1. The molecule has 14 heavy (non-hydrogen) atoms. The van der Waals surface area contributed by atoms with Crippen LogP contribution >= 0.6 is 11.5 Å². The van der Waals surface area contributed by atoms with Gasteiger partial charge in [-0.15, -0.1) is 5.10 Å². The molecule has 78 valence electrons. The quantitative estimate of drug-likeness (QED) is 0.686. The summed E-state index contributed by atoms with van der Waals surface area (Å²) in [5.41, 5.74) is 0.695. The summed E-state index contributed by atoms with van der Waals surface area (Å²) in [6.45, 7) is 3.36. The van der Waals surface area contributed by atoms with E-state index in [1.54, 1.807) is 6.92 Å². The molecule has 1 aromatic rings. The lowest BCUT2D eigenvalue weighted by molar-refractivity contribution is 0.0956. The van der Waals surface area contributed by atoms with E-state index in [0.717, 1.165) is 24.5 Å². The van der Waals surface area contributed by atoms with Crippen LogP contribution in [0.1, 0.15) is 21.8 Å². The predicted molar refractivity (Wildman–Crippen MR) is 55.5 cm³/mol. The Morgan fingerprint density at radius 2 is 2.29 bits per heavy atom. The molecule has 0 aromatic carbocycles. The number of aromatic nitrogens is 2. The Labute approximate surface area is 87.1 Å². The molecule has 0 spiro atoms. The van der Waals surface area contributed by atoms with Gasteiger partial charge in [0.2, 0.25) is 0 Å². The number of hydrogen-bond donors (Lipinski definition) is 2. The molecule has 2 N–H and O–H groups in total. The first kappa shape index (κ1) is 11.1. The minimum absolute atomic E-state index is 0.0754. The number of carbonyl (C=O) groups excluding carboxylic acids is 1. The molecule has 0 saturated heterocycles. The third kappa shape index (κ3) is 3.04. The first-order valence-corrected chi connectivity index (χ1v) is 5.24. The predicted octanol–water partition coefficient (Wildman–Crippen LogP) is 0.186. The van der Waals surface area contributed by atoms with Gasteiger partial charge in [0.1, 0.15) is 4.88 Å². The van der Waals surface area contributed by atoms with Crippen LogP contribution in [0.2, 0.25) is 0 Å². The van der Waals surface area contributed by atoms with Crippen molar-refractivity contribution in [2.45, 2.75) is 13.3 Å². The Hall–Kier alpha value is -1.01. The average Bonchev–Trinajstić information content (AvgIpc) is 2.59. The van der Waals surface area contributed by atoms with Crippen LogP contribution in [-0.2, 0) is 0 Å². The smallest absolute Gasteiger partial charge is 0.264 e. The Morgan fingerprint density at radius 3 is 2.86 bits per heavy atom. The van der Waals surface area contributed by atoms with Crippen LogP contribution in [-0.4, -0.2) is 35.6 Å². The van der Waals surface area contributed by atoms with Gasteiger partial charge in [-0.05, 0) is 38.5 Å². The Bertz CT molecular complexity index is 299. The summed E-state index contributed by atoms with van der Waals surface area (Å²) < 4.78 is 3.71. The molecule has 1 amide bonds. The van der Waals surface area contributed by atoms with Crippen LogP contribution < -0.4 is 10.6 Å². The maximum absolute atomic E-state index is 11.5. The van der Waals surface area contributed by atoms with Gasteiger partial charge in [0.15, 0.2) is 0 Å². The number of aryl methyl sites for hydroxylation is 1. The zero-order valence-corrected chi connectivity index (χ0v) is 9.15. The van der Waals surface area contributed by atoms with Crippen LogP contribution in [0.15, 0.2) is 0 Å². The van der Waals surface area contributed by atoms with Crippen molar-refractivity contribution in [3.05, 3.63) is 10.6 Å². The Balaban J connectivity index is 2.32. The van der Waals surface area contributed by atoms with Gasteiger partial charge >= 0.3 is 0 Å². The lowest BCUT2D eigenvalue weighted by Crippen LogP contribution is -2.26. The summed E-state index contributed by atoms with van der Waals surface area (Å²) in [7, 11) is 1.89.